The lowest BCUT2D eigenvalue weighted by Gasteiger charge is -2.07. The van der Waals surface area contributed by atoms with Gasteiger partial charge in [0.2, 0.25) is 0 Å². The van der Waals surface area contributed by atoms with Crippen molar-refractivity contribution in [1.82, 2.24) is 0 Å². The molecule has 0 spiro atoms. The van der Waals surface area contributed by atoms with Crippen LogP contribution < -0.4 is 4.74 Å². The summed E-state index contributed by atoms with van der Waals surface area (Å²) in [5.41, 5.74) is -0.318. The van der Waals surface area contributed by atoms with E-state index in [1.807, 2.05) is 0 Å². The summed E-state index contributed by atoms with van der Waals surface area (Å²) in [6.07, 6.45) is 4.96. The molecule has 1 N–H and O–H groups in total. The molecule has 5 nitrogen and oxygen atoms in total. The van der Waals surface area contributed by atoms with Crippen LogP contribution in [0, 0.1) is 12.3 Å². The van der Waals surface area contributed by atoms with Gasteiger partial charge in [-0.1, -0.05) is 5.92 Å². The normalized spacial score (nSPS) is 10.6. The molecule has 0 aliphatic rings. The van der Waals surface area contributed by atoms with Crippen LogP contribution in [0.3, 0.4) is 0 Å². The van der Waals surface area contributed by atoms with Gasteiger partial charge in [-0.2, -0.15) is 0 Å². The first-order valence-electron chi connectivity index (χ1n) is 4.24. The smallest absolute Gasteiger partial charge is 0.339 e. The third-order valence-electron chi connectivity index (χ3n) is 1.77. The van der Waals surface area contributed by atoms with E-state index in [-0.39, 0.29) is 22.8 Å². The highest BCUT2D eigenvalue weighted by molar-refractivity contribution is 8.13. The number of terminal acetylenes is 1. The average Bonchev–Trinajstić information content (AvgIpc) is 2.24. The van der Waals surface area contributed by atoms with Crippen molar-refractivity contribution in [3.05, 3.63) is 23.8 Å². The molecule has 0 heterocycles. The van der Waals surface area contributed by atoms with E-state index in [0.29, 0.717) is 0 Å². The SMILES string of the molecule is C#CCOc1ccc(S(=O)(=O)Cl)cc1C(=O)O. The molecule has 1 rings (SSSR count). The third-order valence-corrected chi connectivity index (χ3v) is 3.13. The third kappa shape index (κ3) is 3.37. The van der Waals surface area contributed by atoms with E-state index in [9.17, 15) is 13.2 Å². The van der Waals surface area contributed by atoms with E-state index in [1.165, 1.54) is 6.07 Å². The van der Waals surface area contributed by atoms with Crippen LogP contribution in [0.25, 0.3) is 0 Å². The van der Waals surface area contributed by atoms with Crippen molar-refractivity contribution in [2.45, 2.75) is 4.90 Å². The molecule has 1 aromatic rings. The van der Waals surface area contributed by atoms with Crippen molar-refractivity contribution in [2.24, 2.45) is 0 Å². The summed E-state index contributed by atoms with van der Waals surface area (Å²) >= 11 is 0. The number of halogens is 1. The zero-order valence-corrected chi connectivity index (χ0v) is 9.96. The Kier molecular flexibility index (Phi) is 3.99. The maximum Gasteiger partial charge on any atom is 0.339 e. The summed E-state index contributed by atoms with van der Waals surface area (Å²) in [7, 11) is 1.11. The lowest BCUT2D eigenvalue weighted by molar-refractivity contribution is 0.0692. The number of benzene rings is 1. The Hall–Kier alpha value is -1.71. The first kappa shape index (κ1) is 13.4. The molecule has 0 unspecified atom stereocenters. The molecular weight excluding hydrogens is 268 g/mol. The Morgan fingerprint density at radius 2 is 2.18 bits per heavy atom. The number of hydrogen-bond donors (Lipinski definition) is 1. The second-order valence-corrected chi connectivity index (χ2v) is 5.46. The molecule has 0 aliphatic heterocycles. The summed E-state index contributed by atoms with van der Waals surface area (Å²) in [6, 6.07) is 3.24. The van der Waals surface area contributed by atoms with Crippen molar-refractivity contribution in [3.63, 3.8) is 0 Å². The maximum absolute atomic E-state index is 11.0. The summed E-state index contributed by atoms with van der Waals surface area (Å²) < 4.78 is 27.0. The van der Waals surface area contributed by atoms with E-state index < -0.39 is 15.0 Å². The Bertz CT molecular complexity index is 585. The summed E-state index contributed by atoms with van der Waals surface area (Å²) in [5, 5.41) is 8.89. The minimum atomic E-state index is -3.98. The highest BCUT2D eigenvalue weighted by Crippen LogP contribution is 2.24. The molecule has 0 fully saturated rings. The van der Waals surface area contributed by atoms with Crippen molar-refractivity contribution < 1.29 is 23.1 Å². The number of rotatable bonds is 4. The zero-order chi connectivity index (χ0) is 13.1. The molecule has 0 aromatic heterocycles. The summed E-state index contributed by atoms with van der Waals surface area (Å²) in [4.78, 5) is 10.6. The van der Waals surface area contributed by atoms with Gasteiger partial charge in [-0.3, -0.25) is 0 Å². The number of hydrogen-bond acceptors (Lipinski definition) is 4. The highest BCUT2D eigenvalue weighted by Gasteiger charge is 2.17. The first-order valence-corrected chi connectivity index (χ1v) is 6.55. The Morgan fingerprint density at radius 3 is 2.65 bits per heavy atom. The highest BCUT2D eigenvalue weighted by atomic mass is 35.7. The Balaban J connectivity index is 3.28. The molecule has 0 radical (unpaired) electrons. The van der Waals surface area contributed by atoms with Gasteiger partial charge in [0, 0.05) is 10.7 Å². The minimum Gasteiger partial charge on any atom is -0.480 e. The number of carbonyl (C=O) groups is 1. The molecule has 90 valence electrons. The van der Waals surface area contributed by atoms with Crippen LogP contribution in [-0.2, 0) is 9.05 Å². The van der Waals surface area contributed by atoms with Crippen LogP contribution in [0.2, 0.25) is 0 Å². The van der Waals surface area contributed by atoms with Gasteiger partial charge < -0.3 is 9.84 Å². The lowest BCUT2D eigenvalue weighted by atomic mass is 10.2. The fraction of sp³-hybridized carbons (Fsp3) is 0.100. The first-order chi connectivity index (χ1) is 7.86. The standard InChI is InChI=1S/C10H7ClO5S/c1-2-5-16-9-4-3-7(17(11,14)15)6-8(9)10(12)13/h1,3-4,6H,5H2,(H,12,13). The van der Waals surface area contributed by atoms with E-state index in [0.717, 1.165) is 12.1 Å². The van der Waals surface area contributed by atoms with Gasteiger partial charge in [0.1, 0.15) is 17.9 Å². The molecular formula is C10H7ClO5S. The second kappa shape index (κ2) is 5.08. The molecule has 17 heavy (non-hydrogen) atoms. The van der Waals surface area contributed by atoms with Crippen molar-refractivity contribution in [1.29, 1.82) is 0 Å². The zero-order valence-electron chi connectivity index (χ0n) is 8.38. The predicted molar refractivity (Wildman–Crippen MR) is 60.8 cm³/mol. The van der Waals surface area contributed by atoms with Crippen molar-refractivity contribution in [2.75, 3.05) is 6.61 Å². The van der Waals surface area contributed by atoms with Crippen LogP contribution in [-0.4, -0.2) is 26.1 Å². The van der Waals surface area contributed by atoms with Crippen LogP contribution in [0.5, 0.6) is 5.75 Å². The van der Waals surface area contributed by atoms with Gasteiger partial charge in [0.05, 0.1) is 4.90 Å². The fourth-order valence-corrected chi connectivity index (χ4v) is 1.85. The fourth-order valence-electron chi connectivity index (χ4n) is 1.07. The molecule has 0 bridgehead atoms. The topological polar surface area (TPSA) is 80.7 Å². The van der Waals surface area contributed by atoms with Gasteiger partial charge in [-0.25, -0.2) is 13.2 Å². The number of ether oxygens (including phenoxy) is 1. The van der Waals surface area contributed by atoms with Gasteiger partial charge in [-0.15, -0.1) is 6.42 Å². The Labute approximate surface area is 102 Å². The second-order valence-electron chi connectivity index (χ2n) is 2.89. The molecule has 0 aliphatic carbocycles. The van der Waals surface area contributed by atoms with Crippen LogP contribution in [0.1, 0.15) is 10.4 Å². The van der Waals surface area contributed by atoms with Gasteiger partial charge in [0.15, 0.2) is 0 Å². The minimum absolute atomic E-state index is 0.0143. The molecule has 0 saturated carbocycles. The van der Waals surface area contributed by atoms with E-state index in [4.69, 9.17) is 26.9 Å². The molecule has 1 aromatic carbocycles. The van der Waals surface area contributed by atoms with Gasteiger partial charge in [0.25, 0.3) is 9.05 Å². The predicted octanol–water partition coefficient (Wildman–Crippen LogP) is 1.32. The average molecular weight is 275 g/mol. The quantitative estimate of drug-likeness (QED) is 0.662. The monoisotopic (exact) mass is 274 g/mol. The van der Waals surface area contributed by atoms with Crippen molar-refractivity contribution in [3.8, 4) is 18.1 Å². The molecule has 0 atom stereocenters. The number of carboxylic acids is 1. The number of carboxylic acid groups (broad SMARTS) is 1. The summed E-state index contributed by atoms with van der Waals surface area (Å²) in [5.74, 6) is 0.819. The van der Waals surface area contributed by atoms with E-state index in [1.54, 1.807) is 0 Å². The van der Waals surface area contributed by atoms with Crippen LogP contribution in [0.15, 0.2) is 23.1 Å². The summed E-state index contributed by atoms with van der Waals surface area (Å²) in [6.45, 7) is -0.118. The van der Waals surface area contributed by atoms with Gasteiger partial charge in [-0.05, 0) is 18.2 Å². The van der Waals surface area contributed by atoms with Gasteiger partial charge >= 0.3 is 5.97 Å². The largest absolute Gasteiger partial charge is 0.480 e. The molecule has 0 amide bonds. The van der Waals surface area contributed by atoms with E-state index in [2.05, 4.69) is 5.92 Å². The van der Waals surface area contributed by atoms with E-state index >= 15 is 0 Å². The van der Waals surface area contributed by atoms with Crippen LogP contribution in [0.4, 0.5) is 0 Å². The number of aromatic carboxylic acids is 1. The van der Waals surface area contributed by atoms with Crippen LogP contribution >= 0.6 is 10.7 Å². The molecule has 7 heteroatoms. The Morgan fingerprint density at radius 1 is 1.53 bits per heavy atom. The maximum atomic E-state index is 11.0. The van der Waals surface area contributed by atoms with Crippen molar-refractivity contribution >= 4 is 25.7 Å². The molecule has 0 saturated heterocycles. The lowest BCUT2D eigenvalue weighted by Crippen LogP contribution is -2.05.